The molecule has 0 fully saturated rings. The molecule has 0 radical (unpaired) electrons. The summed E-state index contributed by atoms with van der Waals surface area (Å²) < 4.78 is 5.53. The highest BCUT2D eigenvalue weighted by Gasteiger charge is 2.08. The van der Waals surface area contributed by atoms with Crippen LogP contribution in [0.25, 0.3) is 0 Å². The van der Waals surface area contributed by atoms with Gasteiger partial charge < -0.3 is 4.42 Å². The van der Waals surface area contributed by atoms with E-state index < -0.39 is 0 Å². The van der Waals surface area contributed by atoms with Crippen LogP contribution in [-0.4, -0.2) is 28.7 Å². The molecule has 0 bridgehead atoms. The molecular weight excluding hydrogens is 228 g/mol. The van der Waals surface area contributed by atoms with E-state index in [1.54, 1.807) is 0 Å². The van der Waals surface area contributed by atoms with Crippen LogP contribution in [0, 0.1) is 11.3 Å². The van der Waals surface area contributed by atoms with E-state index >= 15 is 0 Å². The predicted molar refractivity (Wildman–Crippen MR) is 65.5 cm³/mol. The second-order valence-corrected chi connectivity index (χ2v) is 4.08. The van der Waals surface area contributed by atoms with Crippen LogP contribution in [0.15, 0.2) is 34.7 Å². The maximum absolute atomic E-state index is 8.56. The zero-order chi connectivity index (χ0) is 12.8. The second kappa shape index (κ2) is 5.94. The Balaban J connectivity index is 1.96. The van der Waals surface area contributed by atoms with Crippen LogP contribution in [0.4, 0.5) is 0 Å². The summed E-state index contributed by atoms with van der Waals surface area (Å²) >= 11 is 0. The molecule has 0 saturated carbocycles. The molecule has 5 nitrogen and oxygen atoms in total. The Morgan fingerprint density at radius 1 is 1.22 bits per heavy atom. The SMILES string of the molecule is CN(CC#N)Cc1nnc(Cc2ccccc2)o1. The van der Waals surface area contributed by atoms with Crippen LogP contribution in [0.1, 0.15) is 17.3 Å². The summed E-state index contributed by atoms with van der Waals surface area (Å²) in [5, 5.41) is 16.5. The van der Waals surface area contributed by atoms with Crippen molar-refractivity contribution in [2.24, 2.45) is 0 Å². The lowest BCUT2D eigenvalue weighted by Gasteiger charge is -2.07. The fourth-order valence-electron chi connectivity index (χ4n) is 1.60. The van der Waals surface area contributed by atoms with Gasteiger partial charge in [-0.15, -0.1) is 10.2 Å². The monoisotopic (exact) mass is 242 g/mol. The van der Waals surface area contributed by atoms with Gasteiger partial charge in [0, 0.05) is 0 Å². The molecule has 0 amide bonds. The smallest absolute Gasteiger partial charge is 0.230 e. The van der Waals surface area contributed by atoms with Crippen LogP contribution < -0.4 is 0 Å². The first-order valence-electron chi connectivity index (χ1n) is 5.68. The number of hydrogen-bond acceptors (Lipinski definition) is 5. The van der Waals surface area contributed by atoms with Crippen LogP contribution in [0.3, 0.4) is 0 Å². The molecule has 1 aromatic heterocycles. The number of benzene rings is 1. The van der Waals surface area contributed by atoms with Crippen molar-refractivity contribution in [2.45, 2.75) is 13.0 Å². The van der Waals surface area contributed by atoms with E-state index in [9.17, 15) is 0 Å². The zero-order valence-electron chi connectivity index (χ0n) is 10.2. The molecule has 1 heterocycles. The van der Waals surface area contributed by atoms with E-state index in [4.69, 9.17) is 9.68 Å². The molecule has 1 aromatic carbocycles. The third kappa shape index (κ3) is 3.40. The predicted octanol–water partition coefficient (Wildman–Crippen LogP) is 1.62. The van der Waals surface area contributed by atoms with E-state index in [-0.39, 0.29) is 0 Å². The zero-order valence-corrected chi connectivity index (χ0v) is 10.2. The summed E-state index contributed by atoms with van der Waals surface area (Å²) in [6.45, 7) is 0.839. The Labute approximate surface area is 106 Å². The highest BCUT2D eigenvalue weighted by molar-refractivity contribution is 5.17. The van der Waals surface area contributed by atoms with Crippen molar-refractivity contribution in [2.75, 3.05) is 13.6 Å². The van der Waals surface area contributed by atoms with E-state index in [0.29, 0.717) is 31.3 Å². The first kappa shape index (κ1) is 12.3. The fraction of sp³-hybridized carbons (Fsp3) is 0.308. The lowest BCUT2D eigenvalue weighted by atomic mass is 10.2. The Morgan fingerprint density at radius 3 is 2.67 bits per heavy atom. The largest absolute Gasteiger partial charge is 0.424 e. The number of nitriles is 1. The summed E-state index contributed by atoms with van der Waals surface area (Å²) in [7, 11) is 1.84. The third-order valence-corrected chi connectivity index (χ3v) is 2.45. The minimum absolute atomic E-state index is 0.344. The van der Waals surface area contributed by atoms with Crippen molar-refractivity contribution in [3.63, 3.8) is 0 Å². The number of aromatic nitrogens is 2. The molecule has 0 N–H and O–H groups in total. The fourth-order valence-corrected chi connectivity index (χ4v) is 1.60. The molecule has 0 unspecified atom stereocenters. The van der Waals surface area contributed by atoms with Gasteiger partial charge in [-0.2, -0.15) is 5.26 Å². The molecule has 2 aromatic rings. The van der Waals surface area contributed by atoms with Gasteiger partial charge in [0.1, 0.15) is 0 Å². The van der Waals surface area contributed by atoms with Gasteiger partial charge in [0.2, 0.25) is 11.8 Å². The Morgan fingerprint density at radius 2 is 1.94 bits per heavy atom. The topological polar surface area (TPSA) is 66.0 Å². The average molecular weight is 242 g/mol. The lowest BCUT2D eigenvalue weighted by Crippen LogP contribution is -2.17. The molecule has 0 aliphatic rings. The minimum atomic E-state index is 0.344. The molecule has 0 spiro atoms. The van der Waals surface area contributed by atoms with Crippen molar-refractivity contribution >= 4 is 0 Å². The molecule has 2 rings (SSSR count). The van der Waals surface area contributed by atoms with Crippen molar-refractivity contribution in [3.05, 3.63) is 47.7 Å². The van der Waals surface area contributed by atoms with Crippen LogP contribution in [-0.2, 0) is 13.0 Å². The minimum Gasteiger partial charge on any atom is -0.424 e. The molecule has 92 valence electrons. The highest BCUT2D eigenvalue weighted by atomic mass is 16.4. The maximum atomic E-state index is 8.56. The molecule has 18 heavy (non-hydrogen) atoms. The maximum Gasteiger partial charge on any atom is 0.230 e. The van der Waals surface area contributed by atoms with Gasteiger partial charge in [-0.1, -0.05) is 30.3 Å². The Bertz CT molecular complexity index is 529. The van der Waals surface area contributed by atoms with Gasteiger partial charge in [0.05, 0.1) is 25.6 Å². The first-order valence-corrected chi connectivity index (χ1v) is 5.68. The summed E-state index contributed by atoms with van der Waals surface area (Å²) in [6, 6.07) is 12.0. The van der Waals surface area contributed by atoms with Crippen molar-refractivity contribution in [3.8, 4) is 6.07 Å². The summed E-state index contributed by atoms with van der Waals surface area (Å²) in [6.07, 6.45) is 0.635. The average Bonchev–Trinajstić information content (AvgIpc) is 2.78. The van der Waals surface area contributed by atoms with E-state index in [1.165, 1.54) is 0 Å². The van der Waals surface area contributed by atoms with Crippen molar-refractivity contribution in [1.29, 1.82) is 5.26 Å². The number of hydrogen-bond donors (Lipinski definition) is 0. The summed E-state index contributed by atoms with van der Waals surface area (Å²) in [5.74, 6) is 1.14. The van der Waals surface area contributed by atoms with Gasteiger partial charge in [0.25, 0.3) is 0 Å². The number of rotatable bonds is 5. The normalized spacial score (nSPS) is 10.5. The van der Waals surface area contributed by atoms with E-state index in [2.05, 4.69) is 16.3 Å². The molecule has 0 atom stereocenters. The molecular formula is C13H14N4O. The summed E-state index contributed by atoms with van der Waals surface area (Å²) in [5.41, 5.74) is 1.14. The lowest BCUT2D eigenvalue weighted by molar-refractivity contribution is 0.312. The van der Waals surface area contributed by atoms with Crippen LogP contribution in [0.2, 0.25) is 0 Å². The van der Waals surface area contributed by atoms with Crippen molar-refractivity contribution in [1.82, 2.24) is 15.1 Å². The van der Waals surface area contributed by atoms with Crippen LogP contribution >= 0.6 is 0 Å². The first-order chi connectivity index (χ1) is 8.78. The summed E-state index contributed by atoms with van der Waals surface area (Å²) in [4.78, 5) is 1.82. The highest BCUT2D eigenvalue weighted by Crippen LogP contribution is 2.09. The Hall–Kier alpha value is -2.19. The van der Waals surface area contributed by atoms with Gasteiger partial charge >= 0.3 is 0 Å². The van der Waals surface area contributed by atoms with Gasteiger partial charge in [-0.05, 0) is 12.6 Å². The third-order valence-electron chi connectivity index (χ3n) is 2.45. The van der Waals surface area contributed by atoms with Gasteiger partial charge in [-0.3, -0.25) is 4.90 Å². The molecule has 0 saturated heterocycles. The van der Waals surface area contributed by atoms with Crippen LogP contribution in [0.5, 0.6) is 0 Å². The quantitative estimate of drug-likeness (QED) is 0.745. The van der Waals surface area contributed by atoms with Crippen molar-refractivity contribution < 1.29 is 4.42 Å². The van der Waals surface area contributed by atoms with E-state index in [0.717, 1.165) is 5.56 Å². The standard InChI is InChI=1S/C13H14N4O/c1-17(8-7-14)10-13-16-15-12(18-13)9-11-5-3-2-4-6-11/h2-6H,8-10H2,1H3. The molecule has 5 heteroatoms. The molecule has 0 aliphatic heterocycles. The molecule has 0 aliphatic carbocycles. The number of nitrogens with zero attached hydrogens (tertiary/aromatic N) is 4. The van der Waals surface area contributed by atoms with E-state index in [1.807, 2.05) is 42.3 Å². The second-order valence-electron chi connectivity index (χ2n) is 4.08. The van der Waals surface area contributed by atoms with Gasteiger partial charge in [0.15, 0.2) is 0 Å². The van der Waals surface area contributed by atoms with Gasteiger partial charge in [-0.25, -0.2) is 0 Å². The Kier molecular flexibility index (Phi) is 4.05.